The topological polar surface area (TPSA) is 0 Å². The van der Waals surface area contributed by atoms with Gasteiger partial charge in [0.05, 0.1) is 5.41 Å². The second kappa shape index (κ2) is 6.88. The van der Waals surface area contributed by atoms with Crippen LogP contribution in [0.25, 0.3) is 0 Å². The Morgan fingerprint density at radius 1 is 0.800 bits per heavy atom. The summed E-state index contributed by atoms with van der Waals surface area (Å²) < 4.78 is 66.6. The lowest BCUT2D eigenvalue weighted by molar-refractivity contribution is -0.211. The van der Waals surface area contributed by atoms with Crippen LogP contribution < -0.4 is 0 Å². The molecule has 0 radical (unpaired) electrons. The molecular weight excluding hydrogens is 335 g/mol. The molecule has 0 nitrogen and oxygen atoms in total. The maximum Gasteiger partial charge on any atom is 0.394 e. The van der Waals surface area contributed by atoms with Gasteiger partial charge in [-0.2, -0.15) is 13.2 Å². The zero-order chi connectivity index (χ0) is 19.8. The van der Waals surface area contributed by atoms with Crippen molar-refractivity contribution in [2.24, 2.45) is 10.8 Å². The molecule has 0 aromatic heterocycles. The van der Waals surface area contributed by atoms with E-state index in [0.29, 0.717) is 11.1 Å². The van der Waals surface area contributed by atoms with E-state index in [9.17, 15) is 22.0 Å². The molecule has 1 aromatic carbocycles. The summed E-state index contributed by atoms with van der Waals surface area (Å²) in [6, 6.07) is 5.12. The van der Waals surface area contributed by atoms with Crippen molar-refractivity contribution in [2.45, 2.75) is 79.3 Å². The van der Waals surface area contributed by atoms with E-state index in [1.165, 1.54) is 27.7 Å². The Bertz CT molecular complexity index is 589. The van der Waals surface area contributed by atoms with Crippen molar-refractivity contribution in [3.8, 4) is 0 Å². The molecule has 0 saturated carbocycles. The Hall–Kier alpha value is -1.13. The molecule has 1 aromatic rings. The summed E-state index contributed by atoms with van der Waals surface area (Å²) in [5.41, 5.74) is -1.53. The molecule has 0 aliphatic rings. The smallest absolute Gasteiger partial charge is 0.210 e. The van der Waals surface area contributed by atoms with Gasteiger partial charge in [-0.15, -0.1) is 0 Å². The van der Waals surface area contributed by atoms with Crippen LogP contribution in [0, 0.1) is 10.8 Å². The van der Waals surface area contributed by atoms with E-state index in [1.807, 2.05) is 20.8 Å². The molecule has 0 unspecified atom stereocenters. The van der Waals surface area contributed by atoms with E-state index in [0.717, 1.165) is 5.56 Å². The predicted octanol–water partition coefficient (Wildman–Crippen LogP) is 6.95. The second-order valence-electron chi connectivity index (χ2n) is 9.23. The molecule has 0 spiro atoms. The molecule has 5 heteroatoms. The third-order valence-electron chi connectivity index (χ3n) is 4.62. The molecule has 0 N–H and O–H groups in total. The first-order chi connectivity index (χ1) is 11.0. The molecule has 0 saturated heterocycles. The predicted molar refractivity (Wildman–Crippen MR) is 92.2 cm³/mol. The van der Waals surface area contributed by atoms with Crippen LogP contribution in [0.5, 0.6) is 0 Å². The van der Waals surface area contributed by atoms with Crippen molar-refractivity contribution in [3.63, 3.8) is 0 Å². The summed E-state index contributed by atoms with van der Waals surface area (Å²) in [7, 11) is 0. The van der Waals surface area contributed by atoms with E-state index in [-0.39, 0.29) is 12.8 Å². The fourth-order valence-corrected chi connectivity index (χ4v) is 3.06. The quantitative estimate of drug-likeness (QED) is 0.496. The van der Waals surface area contributed by atoms with E-state index < -0.39 is 28.8 Å². The van der Waals surface area contributed by atoms with Crippen LogP contribution in [0.4, 0.5) is 22.0 Å². The molecule has 1 rings (SSSR count). The van der Waals surface area contributed by atoms with Crippen molar-refractivity contribution in [3.05, 3.63) is 34.9 Å². The number of halogens is 5. The van der Waals surface area contributed by atoms with Gasteiger partial charge in [0.2, 0.25) is 6.43 Å². The maximum atomic E-state index is 13.3. The highest BCUT2D eigenvalue weighted by atomic mass is 19.4. The van der Waals surface area contributed by atoms with Crippen LogP contribution in [0.2, 0.25) is 0 Å². The number of rotatable bonds is 5. The Morgan fingerprint density at radius 3 is 1.60 bits per heavy atom. The SMILES string of the molecule is CC(C)(C)c1c(CC(C)(C)C(F)F)cccc1CC(C)(C)C(F)(F)F. The third-order valence-corrected chi connectivity index (χ3v) is 4.62. The summed E-state index contributed by atoms with van der Waals surface area (Å²) in [6.45, 7) is 11.0. The summed E-state index contributed by atoms with van der Waals surface area (Å²) in [6.07, 6.45) is -6.89. The van der Waals surface area contributed by atoms with Crippen molar-refractivity contribution in [1.29, 1.82) is 0 Å². The van der Waals surface area contributed by atoms with Gasteiger partial charge in [0.25, 0.3) is 0 Å². The van der Waals surface area contributed by atoms with Crippen LogP contribution in [0.3, 0.4) is 0 Å². The van der Waals surface area contributed by atoms with Gasteiger partial charge in [-0.05, 0) is 34.9 Å². The zero-order valence-electron chi connectivity index (χ0n) is 16.1. The fourth-order valence-electron chi connectivity index (χ4n) is 3.06. The number of benzene rings is 1. The van der Waals surface area contributed by atoms with Gasteiger partial charge < -0.3 is 0 Å². The van der Waals surface area contributed by atoms with Gasteiger partial charge >= 0.3 is 6.18 Å². The minimum absolute atomic E-state index is 0.123. The van der Waals surface area contributed by atoms with Gasteiger partial charge in [-0.25, -0.2) is 8.78 Å². The first-order valence-corrected chi connectivity index (χ1v) is 8.45. The molecule has 0 fully saturated rings. The van der Waals surface area contributed by atoms with Gasteiger partial charge in [-0.1, -0.05) is 66.7 Å². The Labute approximate surface area is 147 Å². The highest BCUT2D eigenvalue weighted by molar-refractivity contribution is 5.41. The minimum Gasteiger partial charge on any atom is -0.210 e. The Balaban J connectivity index is 3.44. The summed E-state index contributed by atoms with van der Waals surface area (Å²) in [5.74, 6) is 0. The largest absolute Gasteiger partial charge is 0.394 e. The average Bonchev–Trinajstić information content (AvgIpc) is 2.34. The van der Waals surface area contributed by atoms with Gasteiger partial charge in [0.1, 0.15) is 0 Å². The molecular formula is C20H29F5. The molecule has 25 heavy (non-hydrogen) atoms. The molecule has 0 amide bonds. The first-order valence-electron chi connectivity index (χ1n) is 8.45. The van der Waals surface area contributed by atoms with Crippen LogP contribution in [0.15, 0.2) is 18.2 Å². The lowest BCUT2D eigenvalue weighted by Gasteiger charge is -2.34. The molecule has 0 heterocycles. The van der Waals surface area contributed by atoms with E-state index >= 15 is 0 Å². The third kappa shape index (κ3) is 5.18. The molecule has 0 bridgehead atoms. The molecule has 144 valence electrons. The summed E-state index contributed by atoms with van der Waals surface area (Å²) in [5, 5.41) is 0. The van der Waals surface area contributed by atoms with Crippen molar-refractivity contribution in [1.82, 2.24) is 0 Å². The van der Waals surface area contributed by atoms with Gasteiger partial charge in [-0.3, -0.25) is 0 Å². The molecule has 0 atom stereocenters. The summed E-state index contributed by atoms with van der Waals surface area (Å²) >= 11 is 0. The van der Waals surface area contributed by atoms with E-state index in [4.69, 9.17) is 0 Å². The Morgan fingerprint density at radius 2 is 1.24 bits per heavy atom. The average molecular weight is 364 g/mol. The van der Waals surface area contributed by atoms with Crippen LogP contribution in [-0.2, 0) is 18.3 Å². The number of hydrogen-bond donors (Lipinski definition) is 0. The van der Waals surface area contributed by atoms with Crippen LogP contribution in [-0.4, -0.2) is 12.6 Å². The van der Waals surface area contributed by atoms with Crippen molar-refractivity contribution in [2.75, 3.05) is 0 Å². The monoisotopic (exact) mass is 364 g/mol. The summed E-state index contributed by atoms with van der Waals surface area (Å²) in [4.78, 5) is 0. The molecule has 0 aliphatic heterocycles. The minimum atomic E-state index is -4.33. The first kappa shape index (κ1) is 21.9. The normalized spacial score (nSPS) is 14.3. The zero-order valence-corrected chi connectivity index (χ0v) is 16.1. The van der Waals surface area contributed by atoms with Crippen molar-refractivity contribution < 1.29 is 22.0 Å². The lowest BCUT2D eigenvalue weighted by atomic mass is 9.73. The Kier molecular flexibility index (Phi) is 6.03. The standard InChI is InChI=1S/C20H29F5/c1-17(2,3)15-13(11-18(4,5)16(21)22)9-8-10-14(15)12-19(6,7)20(23,24)25/h8-10,16H,11-12H2,1-7H3. The maximum absolute atomic E-state index is 13.3. The molecule has 0 aliphatic carbocycles. The van der Waals surface area contributed by atoms with Crippen molar-refractivity contribution >= 4 is 0 Å². The van der Waals surface area contributed by atoms with Gasteiger partial charge in [0.15, 0.2) is 0 Å². The lowest BCUT2D eigenvalue weighted by Crippen LogP contribution is -2.35. The highest BCUT2D eigenvalue weighted by Crippen LogP contribution is 2.43. The fraction of sp³-hybridized carbons (Fsp3) is 0.700. The van der Waals surface area contributed by atoms with Crippen LogP contribution >= 0.6 is 0 Å². The van der Waals surface area contributed by atoms with Gasteiger partial charge in [0, 0.05) is 5.41 Å². The van der Waals surface area contributed by atoms with E-state index in [2.05, 4.69) is 0 Å². The van der Waals surface area contributed by atoms with E-state index in [1.54, 1.807) is 18.2 Å². The number of alkyl halides is 5. The second-order valence-corrected chi connectivity index (χ2v) is 9.23. The highest BCUT2D eigenvalue weighted by Gasteiger charge is 2.47. The number of hydrogen-bond acceptors (Lipinski definition) is 0. The van der Waals surface area contributed by atoms with Crippen LogP contribution in [0.1, 0.15) is 65.2 Å².